The highest BCUT2D eigenvalue weighted by molar-refractivity contribution is 9.10. The van der Waals surface area contributed by atoms with Gasteiger partial charge in [0.2, 0.25) is 5.91 Å². The number of benzene rings is 2. The van der Waals surface area contributed by atoms with Gasteiger partial charge >= 0.3 is 11.9 Å². The quantitative estimate of drug-likeness (QED) is 0.343. The van der Waals surface area contributed by atoms with Crippen molar-refractivity contribution >= 4 is 62.7 Å². The number of rotatable bonds is 9. The van der Waals surface area contributed by atoms with Gasteiger partial charge in [0.25, 0.3) is 5.91 Å². The van der Waals surface area contributed by atoms with Crippen molar-refractivity contribution in [3.8, 4) is 0 Å². The summed E-state index contributed by atoms with van der Waals surface area (Å²) in [6, 6.07) is 9.85. The van der Waals surface area contributed by atoms with Crippen LogP contribution in [0, 0.1) is 12.8 Å². The number of carbonyl (C=O) groups excluding carboxylic acids is 4. The van der Waals surface area contributed by atoms with E-state index in [0.717, 1.165) is 12.8 Å². The molecule has 0 aliphatic carbocycles. The first-order chi connectivity index (χ1) is 16.7. The molecule has 1 atom stereocenters. The predicted octanol–water partition coefficient (Wildman–Crippen LogP) is 4.90. The summed E-state index contributed by atoms with van der Waals surface area (Å²) in [5, 5.41) is 3.14. The zero-order valence-electron chi connectivity index (χ0n) is 19.4. The Bertz CT molecular complexity index is 1120. The van der Waals surface area contributed by atoms with E-state index in [2.05, 4.69) is 21.2 Å². The molecule has 2 aromatic carbocycles. The van der Waals surface area contributed by atoms with E-state index in [-0.39, 0.29) is 18.9 Å². The average Bonchev–Trinajstić information content (AvgIpc) is 3.24. The van der Waals surface area contributed by atoms with Crippen molar-refractivity contribution in [2.45, 2.75) is 33.1 Å². The number of unbranched alkanes of at least 4 members (excludes halogenated alkanes) is 1. The standard InChI is InChI=1S/C25H26BrClN2O6/c1-3-4-11-34-24(32)16-5-7-18(8-6-16)29-13-17(12-22(29)31)25(33)35-14-21(30)28-20-10-9-19(26)23(27)15(20)2/h5-10,17H,3-4,11-14H2,1-2H3,(H,28,30)/t17-/m0/s1. The molecule has 1 aliphatic rings. The predicted molar refractivity (Wildman–Crippen MR) is 136 cm³/mol. The van der Waals surface area contributed by atoms with Crippen LogP contribution >= 0.6 is 27.5 Å². The number of hydrogen-bond acceptors (Lipinski definition) is 6. The third kappa shape index (κ3) is 6.82. The van der Waals surface area contributed by atoms with Gasteiger partial charge < -0.3 is 19.7 Å². The van der Waals surface area contributed by atoms with Crippen LogP contribution in [0.4, 0.5) is 11.4 Å². The second kappa shape index (κ2) is 12.2. The number of amides is 2. The van der Waals surface area contributed by atoms with Crippen LogP contribution in [0.25, 0.3) is 0 Å². The van der Waals surface area contributed by atoms with E-state index in [1.807, 2.05) is 6.92 Å². The minimum atomic E-state index is -0.696. The Balaban J connectivity index is 1.52. The molecule has 10 heteroatoms. The molecule has 2 aromatic rings. The zero-order chi connectivity index (χ0) is 25.5. The molecule has 1 heterocycles. The van der Waals surface area contributed by atoms with E-state index < -0.39 is 30.4 Å². The monoisotopic (exact) mass is 564 g/mol. The molecule has 2 amide bonds. The van der Waals surface area contributed by atoms with Gasteiger partial charge in [-0.3, -0.25) is 14.4 Å². The second-order valence-corrected chi connectivity index (χ2v) is 9.36. The third-order valence-electron chi connectivity index (χ3n) is 5.56. The fourth-order valence-electron chi connectivity index (χ4n) is 3.51. The van der Waals surface area contributed by atoms with Crippen LogP contribution in [0.15, 0.2) is 40.9 Å². The Morgan fingerprint density at radius 2 is 1.86 bits per heavy atom. The minimum absolute atomic E-state index is 0.0251. The number of anilines is 2. The molecule has 0 radical (unpaired) electrons. The molecule has 0 saturated carbocycles. The van der Waals surface area contributed by atoms with E-state index >= 15 is 0 Å². The Labute approximate surface area is 217 Å². The minimum Gasteiger partial charge on any atom is -0.462 e. The van der Waals surface area contributed by atoms with Crippen molar-refractivity contribution in [1.29, 1.82) is 0 Å². The van der Waals surface area contributed by atoms with Gasteiger partial charge in [-0.15, -0.1) is 0 Å². The lowest BCUT2D eigenvalue weighted by atomic mass is 10.1. The molecule has 1 N–H and O–H groups in total. The topological polar surface area (TPSA) is 102 Å². The summed E-state index contributed by atoms with van der Waals surface area (Å²) in [5.41, 5.74) is 2.15. The Morgan fingerprint density at radius 1 is 1.14 bits per heavy atom. The van der Waals surface area contributed by atoms with E-state index in [9.17, 15) is 19.2 Å². The Morgan fingerprint density at radius 3 is 2.54 bits per heavy atom. The van der Waals surface area contributed by atoms with Crippen molar-refractivity contribution < 1.29 is 28.7 Å². The number of nitrogens with zero attached hydrogens (tertiary/aromatic N) is 1. The number of esters is 2. The van der Waals surface area contributed by atoms with Crippen LogP contribution in [0.5, 0.6) is 0 Å². The fourth-order valence-corrected chi connectivity index (χ4v) is 4.11. The normalized spacial score (nSPS) is 15.1. The first kappa shape index (κ1) is 26.7. The molecular formula is C25H26BrClN2O6. The number of carbonyl (C=O) groups is 4. The fraction of sp³-hybridized carbons (Fsp3) is 0.360. The lowest BCUT2D eigenvalue weighted by Gasteiger charge is -2.17. The Kier molecular flexibility index (Phi) is 9.28. The Hall–Kier alpha value is -2.91. The van der Waals surface area contributed by atoms with Gasteiger partial charge in [-0.1, -0.05) is 24.9 Å². The molecule has 3 rings (SSSR count). The molecule has 0 spiro atoms. The highest BCUT2D eigenvalue weighted by Gasteiger charge is 2.36. The SMILES string of the molecule is CCCCOC(=O)c1ccc(N2C[C@@H](C(=O)OCC(=O)Nc3ccc(Br)c(Cl)c3C)CC2=O)cc1. The molecule has 1 fully saturated rings. The summed E-state index contributed by atoms with van der Waals surface area (Å²) in [6.45, 7) is 3.77. The van der Waals surface area contributed by atoms with Crippen LogP contribution in [0.3, 0.4) is 0 Å². The van der Waals surface area contributed by atoms with Crippen LogP contribution in [0.1, 0.15) is 42.1 Å². The van der Waals surface area contributed by atoms with Gasteiger partial charge in [-0.2, -0.15) is 0 Å². The van der Waals surface area contributed by atoms with E-state index in [0.29, 0.717) is 38.6 Å². The number of nitrogens with one attached hydrogen (secondary N) is 1. The summed E-state index contributed by atoms with van der Waals surface area (Å²) in [7, 11) is 0. The lowest BCUT2D eigenvalue weighted by molar-refractivity contribution is -0.151. The smallest absolute Gasteiger partial charge is 0.338 e. The van der Waals surface area contributed by atoms with Gasteiger partial charge in [0.05, 0.1) is 23.1 Å². The summed E-state index contributed by atoms with van der Waals surface area (Å²) in [6.07, 6.45) is 1.70. The molecule has 8 nitrogen and oxygen atoms in total. The maximum Gasteiger partial charge on any atom is 0.338 e. The molecule has 1 aliphatic heterocycles. The van der Waals surface area contributed by atoms with Crippen LogP contribution in [0.2, 0.25) is 5.02 Å². The summed E-state index contributed by atoms with van der Waals surface area (Å²) in [5.74, 6) is -2.49. The van der Waals surface area contributed by atoms with Gasteiger partial charge in [0, 0.05) is 28.8 Å². The zero-order valence-corrected chi connectivity index (χ0v) is 21.8. The van der Waals surface area contributed by atoms with Crippen molar-refractivity contribution in [2.75, 3.05) is 30.0 Å². The first-order valence-electron chi connectivity index (χ1n) is 11.2. The average molecular weight is 566 g/mol. The first-order valence-corrected chi connectivity index (χ1v) is 12.4. The third-order valence-corrected chi connectivity index (χ3v) is 6.94. The second-order valence-electron chi connectivity index (χ2n) is 8.13. The molecule has 186 valence electrons. The number of ether oxygens (including phenoxy) is 2. The van der Waals surface area contributed by atoms with Gasteiger partial charge in [0.15, 0.2) is 6.61 Å². The van der Waals surface area contributed by atoms with Crippen molar-refractivity contribution in [2.24, 2.45) is 5.92 Å². The van der Waals surface area contributed by atoms with Crippen LogP contribution < -0.4 is 10.2 Å². The molecule has 0 bridgehead atoms. The van der Waals surface area contributed by atoms with Crippen LogP contribution in [-0.2, 0) is 23.9 Å². The summed E-state index contributed by atoms with van der Waals surface area (Å²) >= 11 is 9.48. The van der Waals surface area contributed by atoms with Crippen molar-refractivity contribution in [3.63, 3.8) is 0 Å². The van der Waals surface area contributed by atoms with E-state index in [1.165, 1.54) is 4.90 Å². The highest BCUT2D eigenvalue weighted by atomic mass is 79.9. The maximum atomic E-state index is 12.5. The van der Waals surface area contributed by atoms with Gasteiger partial charge in [0.1, 0.15) is 0 Å². The molecule has 0 unspecified atom stereocenters. The highest BCUT2D eigenvalue weighted by Crippen LogP contribution is 2.31. The molecule has 0 aromatic heterocycles. The van der Waals surface area contributed by atoms with Crippen LogP contribution in [-0.4, -0.2) is 43.5 Å². The van der Waals surface area contributed by atoms with Crippen molar-refractivity contribution in [1.82, 2.24) is 0 Å². The summed E-state index contributed by atoms with van der Waals surface area (Å²) < 4.78 is 11.0. The molecule has 35 heavy (non-hydrogen) atoms. The summed E-state index contributed by atoms with van der Waals surface area (Å²) in [4.78, 5) is 50.7. The van der Waals surface area contributed by atoms with E-state index in [4.69, 9.17) is 21.1 Å². The van der Waals surface area contributed by atoms with Gasteiger partial charge in [-0.25, -0.2) is 4.79 Å². The van der Waals surface area contributed by atoms with Gasteiger partial charge in [-0.05, 0) is 71.2 Å². The number of halogens is 2. The molecule has 1 saturated heterocycles. The maximum absolute atomic E-state index is 12.5. The lowest BCUT2D eigenvalue weighted by Crippen LogP contribution is -2.28. The molecular weight excluding hydrogens is 540 g/mol. The largest absolute Gasteiger partial charge is 0.462 e. The van der Waals surface area contributed by atoms with E-state index in [1.54, 1.807) is 43.3 Å². The number of hydrogen-bond donors (Lipinski definition) is 1. The van der Waals surface area contributed by atoms with Crippen molar-refractivity contribution in [3.05, 3.63) is 57.0 Å².